The molecule has 0 unspecified atom stereocenters. The number of esters is 1. The maximum Gasteiger partial charge on any atom is 0.437 e. The van der Waals surface area contributed by atoms with Crippen molar-refractivity contribution in [2.24, 2.45) is 5.92 Å². The Morgan fingerprint density at radius 1 is 1.42 bits per heavy atom. The van der Waals surface area contributed by atoms with Crippen molar-refractivity contribution >= 4 is 34.6 Å². The highest BCUT2D eigenvalue weighted by Crippen LogP contribution is 2.43. The first kappa shape index (κ1) is 18.8. The molecule has 1 aliphatic rings. The maximum atomic E-state index is 13.4. The Labute approximate surface area is 148 Å². The molecule has 132 valence electrons. The fourth-order valence-electron chi connectivity index (χ4n) is 2.52. The Morgan fingerprint density at radius 3 is 2.58 bits per heavy atom. The molecule has 1 fully saturated rings. The predicted octanol–water partition coefficient (Wildman–Crippen LogP) is 2.08. The number of amides is 2. The van der Waals surface area contributed by atoms with Crippen molar-refractivity contribution in [2.75, 3.05) is 6.61 Å². The summed E-state index contributed by atoms with van der Waals surface area (Å²) in [5.41, 5.74) is -3.47. The Kier molecular flexibility index (Phi) is 5.28. The van der Waals surface area contributed by atoms with Crippen LogP contribution in [0.3, 0.4) is 0 Å². The standard InChI is InChI=1S/C14H14F3IN2O4/c1-2-24-11(21)9-10(7-5-3-4-6-8(7)18)19-12(22)20-13(9,23)14(15,16)17/h3-6,9-10,23H,2H2,1H3,(H2,19,20,22)/t9-,10+,13+/m0/s1. The van der Waals surface area contributed by atoms with E-state index in [4.69, 9.17) is 4.74 Å². The van der Waals surface area contributed by atoms with Crippen LogP contribution in [0.4, 0.5) is 18.0 Å². The van der Waals surface area contributed by atoms with E-state index < -0.39 is 35.9 Å². The van der Waals surface area contributed by atoms with Crippen LogP contribution in [0.1, 0.15) is 18.5 Å². The zero-order chi connectivity index (χ0) is 18.1. The van der Waals surface area contributed by atoms with Gasteiger partial charge in [0.25, 0.3) is 5.72 Å². The molecule has 1 saturated heterocycles. The van der Waals surface area contributed by atoms with Crippen LogP contribution < -0.4 is 10.6 Å². The van der Waals surface area contributed by atoms with E-state index >= 15 is 0 Å². The lowest BCUT2D eigenvalue weighted by molar-refractivity contribution is -0.294. The van der Waals surface area contributed by atoms with Gasteiger partial charge in [-0.2, -0.15) is 13.2 Å². The number of aliphatic hydroxyl groups is 1. The molecule has 2 amide bonds. The number of nitrogens with one attached hydrogen (secondary N) is 2. The number of carbonyl (C=O) groups excluding carboxylic acids is 2. The molecule has 0 saturated carbocycles. The molecule has 3 atom stereocenters. The predicted molar refractivity (Wildman–Crippen MR) is 84.7 cm³/mol. The van der Waals surface area contributed by atoms with Gasteiger partial charge in [-0.15, -0.1) is 0 Å². The van der Waals surface area contributed by atoms with E-state index in [9.17, 15) is 27.9 Å². The summed E-state index contributed by atoms with van der Waals surface area (Å²) in [6.07, 6.45) is -5.28. The molecular weight excluding hydrogens is 444 g/mol. The van der Waals surface area contributed by atoms with Crippen LogP contribution in [-0.4, -0.2) is 35.6 Å². The third kappa shape index (κ3) is 3.29. The topological polar surface area (TPSA) is 87.7 Å². The molecular formula is C14H14F3IN2O4. The lowest BCUT2D eigenvalue weighted by Crippen LogP contribution is -2.73. The van der Waals surface area contributed by atoms with E-state index in [2.05, 4.69) is 5.32 Å². The number of halogens is 4. The van der Waals surface area contributed by atoms with Crippen molar-refractivity contribution in [2.45, 2.75) is 24.9 Å². The number of rotatable bonds is 3. The molecule has 0 radical (unpaired) electrons. The maximum absolute atomic E-state index is 13.4. The van der Waals surface area contributed by atoms with Crippen molar-refractivity contribution in [3.63, 3.8) is 0 Å². The molecule has 1 aromatic rings. The minimum Gasteiger partial charge on any atom is -0.466 e. The van der Waals surface area contributed by atoms with Crippen molar-refractivity contribution in [3.8, 4) is 0 Å². The van der Waals surface area contributed by atoms with Gasteiger partial charge in [0, 0.05) is 3.57 Å². The Morgan fingerprint density at radius 2 is 2.04 bits per heavy atom. The molecule has 0 aliphatic carbocycles. The molecule has 0 aromatic heterocycles. The SMILES string of the molecule is CCOC(=O)[C@@H]1[C@@H](c2ccccc2I)NC(=O)N[C@]1(O)C(F)(F)F. The van der Waals surface area contributed by atoms with Crippen molar-refractivity contribution < 1.29 is 32.6 Å². The first-order valence-electron chi connectivity index (χ1n) is 6.90. The van der Waals surface area contributed by atoms with Gasteiger partial charge in [-0.05, 0) is 41.1 Å². The van der Waals surface area contributed by atoms with E-state index in [1.54, 1.807) is 18.2 Å². The number of ether oxygens (including phenoxy) is 1. The normalized spacial score (nSPS) is 27.2. The Balaban J connectivity index is 2.60. The van der Waals surface area contributed by atoms with Gasteiger partial charge in [-0.25, -0.2) is 4.79 Å². The number of alkyl halides is 3. The third-order valence-electron chi connectivity index (χ3n) is 3.59. The lowest BCUT2D eigenvalue weighted by Gasteiger charge is -2.44. The van der Waals surface area contributed by atoms with Crippen LogP contribution in [0, 0.1) is 9.49 Å². The number of carbonyl (C=O) groups is 2. The van der Waals surface area contributed by atoms with E-state index in [-0.39, 0.29) is 12.2 Å². The zero-order valence-electron chi connectivity index (χ0n) is 12.4. The minimum absolute atomic E-state index is 0.171. The van der Waals surface area contributed by atoms with Gasteiger partial charge in [0.1, 0.15) is 5.92 Å². The monoisotopic (exact) mass is 458 g/mol. The highest BCUT2D eigenvalue weighted by Gasteiger charge is 2.67. The minimum atomic E-state index is -5.28. The molecule has 24 heavy (non-hydrogen) atoms. The highest BCUT2D eigenvalue weighted by molar-refractivity contribution is 14.1. The van der Waals surface area contributed by atoms with Crippen LogP contribution in [0.25, 0.3) is 0 Å². The lowest BCUT2D eigenvalue weighted by atomic mass is 9.82. The van der Waals surface area contributed by atoms with Crippen LogP contribution in [0.5, 0.6) is 0 Å². The zero-order valence-corrected chi connectivity index (χ0v) is 14.5. The van der Waals surface area contributed by atoms with Crippen LogP contribution >= 0.6 is 22.6 Å². The molecule has 6 nitrogen and oxygen atoms in total. The molecule has 1 aliphatic heterocycles. The van der Waals surface area contributed by atoms with E-state index in [1.807, 2.05) is 22.6 Å². The van der Waals surface area contributed by atoms with Crippen molar-refractivity contribution in [1.82, 2.24) is 10.6 Å². The van der Waals surface area contributed by atoms with Gasteiger partial charge in [0.05, 0.1) is 12.6 Å². The van der Waals surface area contributed by atoms with E-state index in [0.717, 1.165) is 0 Å². The quantitative estimate of drug-likeness (QED) is 0.479. The largest absolute Gasteiger partial charge is 0.466 e. The summed E-state index contributed by atoms with van der Waals surface area (Å²) in [4.78, 5) is 23.9. The average molecular weight is 458 g/mol. The Hall–Kier alpha value is -1.56. The van der Waals surface area contributed by atoms with E-state index in [1.165, 1.54) is 18.3 Å². The van der Waals surface area contributed by atoms with Gasteiger partial charge in [0.2, 0.25) is 0 Å². The molecule has 2 rings (SSSR count). The second kappa shape index (κ2) is 6.75. The van der Waals surface area contributed by atoms with Crippen LogP contribution in [0.15, 0.2) is 24.3 Å². The molecule has 10 heteroatoms. The summed E-state index contributed by atoms with van der Waals surface area (Å²) in [5.74, 6) is -3.37. The third-order valence-corrected chi connectivity index (χ3v) is 4.57. The van der Waals surface area contributed by atoms with Gasteiger partial charge in [0.15, 0.2) is 0 Å². The number of hydrogen-bond donors (Lipinski definition) is 3. The Bertz CT molecular complexity index is 655. The average Bonchev–Trinajstić information content (AvgIpc) is 2.45. The highest BCUT2D eigenvalue weighted by atomic mass is 127. The van der Waals surface area contributed by atoms with E-state index in [0.29, 0.717) is 3.57 Å². The molecule has 3 N–H and O–H groups in total. The summed E-state index contributed by atoms with van der Waals surface area (Å²) >= 11 is 1.87. The van der Waals surface area contributed by atoms with Gasteiger partial charge in [-0.1, -0.05) is 18.2 Å². The second-order valence-electron chi connectivity index (χ2n) is 5.09. The number of urea groups is 1. The molecule has 1 heterocycles. The molecule has 0 bridgehead atoms. The van der Waals surface area contributed by atoms with Crippen LogP contribution in [0.2, 0.25) is 0 Å². The van der Waals surface area contributed by atoms with Gasteiger partial charge >= 0.3 is 18.2 Å². The van der Waals surface area contributed by atoms with Gasteiger partial charge in [-0.3, -0.25) is 4.79 Å². The molecule has 1 aromatic carbocycles. The van der Waals surface area contributed by atoms with Crippen LogP contribution in [-0.2, 0) is 9.53 Å². The molecule has 0 spiro atoms. The summed E-state index contributed by atoms with van der Waals surface area (Å²) in [5, 5.41) is 13.9. The van der Waals surface area contributed by atoms with Gasteiger partial charge < -0.3 is 20.5 Å². The fourth-order valence-corrected chi connectivity index (χ4v) is 3.25. The number of hydrogen-bond acceptors (Lipinski definition) is 4. The summed E-state index contributed by atoms with van der Waals surface area (Å²) in [7, 11) is 0. The first-order valence-corrected chi connectivity index (χ1v) is 7.98. The summed E-state index contributed by atoms with van der Waals surface area (Å²) < 4.78 is 45.5. The fraction of sp³-hybridized carbons (Fsp3) is 0.429. The number of benzene rings is 1. The smallest absolute Gasteiger partial charge is 0.437 e. The van der Waals surface area contributed by atoms with Crippen molar-refractivity contribution in [1.29, 1.82) is 0 Å². The van der Waals surface area contributed by atoms with Crippen molar-refractivity contribution in [3.05, 3.63) is 33.4 Å². The summed E-state index contributed by atoms with van der Waals surface area (Å²) in [6.45, 7) is 1.26. The first-order chi connectivity index (χ1) is 11.1. The second-order valence-corrected chi connectivity index (χ2v) is 6.25. The summed E-state index contributed by atoms with van der Waals surface area (Å²) in [6, 6.07) is 3.65.